The molecule has 0 saturated heterocycles. The third-order valence-corrected chi connectivity index (χ3v) is 3.50. The summed E-state index contributed by atoms with van der Waals surface area (Å²) in [5.41, 5.74) is 1.10. The summed E-state index contributed by atoms with van der Waals surface area (Å²) in [6.45, 7) is 0. The fourth-order valence-corrected chi connectivity index (χ4v) is 1.98. The van der Waals surface area contributed by atoms with E-state index in [1.165, 1.54) is 0 Å². The molecular weight excluding hydrogens is 315 g/mol. The number of hydrogen-bond donors (Lipinski definition) is 0. The molecule has 0 radical (unpaired) electrons. The molecular formula is C7H4Br2Cl2. The van der Waals surface area contributed by atoms with Gasteiger partial charge in [0.15, 0.2) is 0 Å². The van der Waals surface area contributed by atoms with E-state index >= 15 is 0 Å². The van der Waals surface area contributed by atoms with Gasteiger partial charge in [-0.25, -0.2) is 0 Å². The van der Waals surface area contributed by atoms with Gasteiger partial charge in [0.25, 0.3) is 0 Å². The van der Waals surface area contributed by atoms with Gasteiger partial charge in [0, 0.05) is 9.80 Å². The Morgan fingerprint density at radius 1 is 1.27 bits per heavy atom. The first-order chi connectivity index (χ1) is 5.15. The van der Waals surface area contributed by atoms with Crippen molar-refractivity contribution in [3.05, 3.63) is 32.2 Å². The van der Waals surface area contributed by atoms with Crippen molar-refractivity contribution in [2.75, 3.05) is 0 Å². The topological polar surface area (TPSA) is 0 Å². The maximum Gasteiger partial charge on any atom is 0.0734 e. The maximum atomic E-state index is 5.82. The van der Waals surface area contributed by atoms with E-state index in [1.54, 1.807) is 0 Å². The van der Waals surface area contributed by atoms with E-state index in [0.717, 1.165) is 15.4 Å². The monoisotopic (exact) mass is 316 g/mol. The van der Waals surface area contributed by atoms with Gasteiger partial charge in [-0.1, -0.05) is 39.1 Å². The molecule has 0 unspecified atom stereocenters. The first-order valence-electron chi connectivity index (χ1n) is 2.84. The van der Waals surface area contributed by atoms with Crippen LogP contribution in [0.15, 0.2) is 16.6 Å². The van der Waals surface area contributed by atoms with E-state index in [1.807, 2.05) is 12.1 Å². The van der Waals surface area contributed by atoms with Crippen LogP contribution in [0, 0.1) is 0 Å². The van der Waals surface area contributed by atoms with Crippen LogP contribution in [0.25, 0.3) is 0 Å². The molecule has 4 heteroatoms. The van der Waals surface area contributed by atoms with E-state index in [0.29, 0.717) is 10.0 Å². The molecule has 1 aromatic rings. The molecule has 0 bridgehead atoms. The Bertz CT molecular complexity index is 250. The second-order valence-corrected chi connectivity index (χ2v) is 4.21. The number of benzene rings is 1. The van der Waals surface area contributed by atoms with Gasteiger partial charge in [-0.3, -0.25) is 0 Å². The van der Waals surface area contributed by atoms with Gasteiger partial charge in [0.1, 0.15) is 0 Å². The van der Waals surface area contributed by atoms with Crippen molar-refractivity contribution in [2.24, 2.45) is 0 Å². The largest absolute Gasteiger partial charge is 0.0876 e. The molecule has 0 atom stereocenters. The SMILES string of the molecule is Clc1cc(CBr)cc(Br)c1Cl. The van der Waals surface area contributed by atoms with Gasteiger partial charge in [-0.2, -0.15) is 0 Å². The van der Waals surface area contributed by atoms with Crippen molar-refractivity contribution in [2.45, 2.75) is 5.33 Å². The Kier molecular flexibility index (Phi) is 3.69. The smallest absolute Gasteiger partial charge is 0.0734 e. The zero-order valence-corrected chi connectivity index (χ0v) is 10.1. The van der Waals surface area contributed by atoms with Crippen molar-refractivity contribution < 1.29 is 0 Å². The molecule has 0 amide bonds. The van der Waals surface area contributed by atoms with Gasteiger partial charge in [0.05, 0.1) is 10.0 Å². The van der Waals surface area contributed by atoms with Crippen LogP contribution in [0.3, 0.4) is 0 Å². The van der Waals surface area contributed by atoms with Crippen molar-refractivity contribution in [3.63, 3.8) is 0 Å². The Balaban J connectivity index is 3.21. The molecule has 0 spiro atoms. The molecule has 0 N–H and O–H groups in total. The van der Waals surface area contributed by atoms with E-state index < -0.39 is 0 Å². The molecule has 11 heavy (non-hydrogen) atoms. The highest BCUT2D eigenvalue weighted by Crippen LogP contribution is 2.31. The molecule has 0 aliphatic heterocycles. The van der Waals surface area contributed by atoms with Gasteiger partial charge >= 0.3 is 0 Å². The predicted molar refractivity (Wildman–Crippen MR) is 56.8 cm³/mol. The van der Waals surface area contributed by atoms with Gasteiger partial charge in [-0.15, -0.1) is 0 Å². The maximum absolute atomic E-state index is 5.82. The first kappa shape index (κ1) is 9.85. The zero-order chi connectivity index (χ0) is 8.43. The van der Waals surface area contributed by atoms with Crippen LogP contribution in [-0.2, 0) is 5.33 Å². The summed E-state index contributed by atoms with van der Waals surface area (Å²) in [5, 5.41) is 1.93. The normalized spacial score (nSPS) is 10.2. The van der Waals surface area contributed by atoms with E-state index in [-0.39, 0.29) is 0 Å². The molecule has 0 aliphatic rings. The fourth-order valence-electron chi connectivity index (χ4n) is 0.685. The second-order valence-electron chi connectivity index (χ2n) is 2.01. The van der Waals surface area contributed by atoms with Crippen LogP contribution in [-0.4, -0.2) is 0 Å². The fraction of sp³-hybridized carbons (Fsp3) is 0.143. The zero-order valence-electron chi connectivity index (χ0n) is 5.37. The second kappa shape index (κ2) is 4.13. The quantitative estimate of drug-likeness (QED) is 0.522. The lowest BCUT2D eigenvalue weighted by molar-refractivity contribution is 1.42. The minimum atomic E-state index is 0.566. The minimum absolute atomic E-state index is 0.566. The third-order valence-electron chi connectivity index (χ3n) is 1.20. The molecule has 60 valence electrons. The molecule has 0 aromatic heterocycles. The summed E-state index contributed by atoms with van der Waals surface area (Å²) in [6.07, 6.45) is 0. The summed E-state index contributed by atoms with van der Waals surface area (Å²) in [4.78, 5) is 0. The average Bonchev–Trinajstić information content (AvgIpc) is 1.99. The summed E-state index contributed by atoms with van der Waals surface area (Å²) < 4.78 is 0.834. The molecule has 1 aromatic carbocycles. The van der Waals surface area contributed by atoms with Crippen molar-refractivity contribution in [1.82, 2.24) is 0 Å². The van der Waals surface area contributed by atoms with Crippen molar-refractivity contribution >= 4 is 55.1 Å². The summed E-state index contributed by atoms with van der Waals surface area (Å²) >= 11 is 18.3. The van der Waals surface area contributed by atoms with Crippen LogP contribution in [0.5, 0.6) is 0 Å². The number of hydrogen-bond acceptors (Lipinski definition) is 0. The lowest BCUT2D eigenvalue weighted by atomic mass is 10.2. The highest BCUT2D eigenvalue weighted by Gasteiger charge is 2.03. The van der Waals surface area contributed by atoms with E-state index in [9.17, 15) is 0 Å². The molecule has 0 saturated carbocycles. The van der Waals surface area contributed by atoms with E-state index in [4.69, 9.17) is 23.2 Å². The Morgan fingerprint density at radius 2 is 1.91 bits per heavy atom. The minimum Gasteiger partial charge on any atom is -0.0876 e. The number of halogens is 4. The molecule has 0 fully saturated rings. The summed E-state index contributed by atoms with van der Waals surface area (Å²) in [7, 11) is 0. The Hall–Kier alpha value is 0.760. The summed E-state index contributed by atoms with van der Waals surface area (Å²) in [6, 6.07) is 3.77. The van der Waals surface area contributed by atoms with Crippen LogP contribution < -0.4 is 0 Å². The molecule has 0 nitrogen and oxygen atoms in total. The first-order valence-corrected chi connectivity index (χ1v) is 5.51. The van der Waals surface area contributed by atoms with Crippen LogP contribution in [0.1, 0.15) is 5.56 Å². The van der Waals surface area contributed by atoms with Crippen molar-refractivity contribution in [3.8, 4) is 0 Å². The Morgan fingerprint density at radius 3 is 2.36 bits per heavy atom. The molecule has 1 rings (SSSR count). The molecule has 0 aliphatic carbocycles. The van der Waals surface area contributed by atoms with E-state index in [2.05, 4.69) is 31.9 Å². The van der Waals surface area contributed by atoms with Gasteiger partial charge in [0.2, 0.25) is 0 Å². The highest BCUT2D eigenvalue weighted by molar-refractivity contribution is 9.10. The van der Waals surface area contributed by atoms with Crippen molar-refractivity contribution in [1.29, 1.82) is 0 Å². The van der Waals surface area contributed by atoms with Crippen LogP contribution >= 0.6 is 55.1 Å². The number of alkyl halides is 1. The Labute approximate surface area is 92.1 Å². The summed E-state index contributed by atoms with van der Waals surface area (Å²) in [5.74, 6) is 0. The highest BCUT2D eigenvalue weighted by atomic mass is 79.9. The lowest BCUT2D eigenvalue weighted by Crippen LogP contribution is -1.79. The third kappa shape index (κ3) is 2.35. The molecule has 0 heterocycles. The predicted octanol–water partition coefficient (Wildman–Crippen LogP) is 4.65. The standard InChI is InChI=1S/C7H4Br2Cl2/c8-3-4-1-5(9)7(11)6(10)2-4/h1-2H,3H2. The van der Waals surface area contributed by atoms with Crippen LogP contribution in [0.2, 0.25) is 10.0 Å². The van der Waals surface area contributed by atoms with Crippen LogP contribution in [0.4, 0.5) is 0 Å². The average molecular weight is 319 g/mol. The lowest BCUT2D eigenvalue weighted by Gasteiger charge is -2.01. The van der Waals surface area contributed by atoms with Gasteiger partial charge < -0.3 is 0 Å². The number of rotatable bonds is 1. The van der Waals surface area contributed by atoms with Gasteiger partial charge in [-0.05, 0) is 33.6 Å².